The highest BCUT2D eigenvalue weighted by Gasteiger charge is 2.07. The van der Waals surface area contributed by atoms with Gasteiger partial charge < -0.3 is 0 Å². The fourth-order valence-electron chi connectivity index (χ4n) is 1.70. The van der Waals surface area contributed by atoms with Crippen molar-refractivity contribution in [2.24, 2.45) is 0 Å². The number of rotatable bonds is 1. The summed E-state index contributed by atoms with van der Waals surface area (Å²) in [5.41, 5.74) is 2.99. The maximum Gasteiger partial charge on any atom is 0.183 e. The Morgan fingerprint density at radius 1 is 1.06 bits per heavy atom. The predicted octanol–water partition coefficient (Wildman–Crippen LogP) is 2.76. The van der Waals surface area contributed by atoms with Crippen LogP contribution in [-0.4, -0.2) is 19.8 Å². The molecule has 0 atom stereocenters. The van der Waals surface area contributed by atoms with Crippen LogP contribution in [0.5, 0.6) is 0 Å². The van der Waals surface area contributed by atoms with Gasteiger partial charge in [-0.05, 0) is 19.1 Å². The van der Waals surface area contributed by atoms with Crippen molar-refractivity contribution in [3.05, 3.63) is 46.6 Å². The van der Waals surface area contributed by atoms with Crippen LogP contribution in [0.4, 0.5) is 0 Å². The van der Waals surface area contributed by atoms with Gasteiger partial charge in [-0.1, -0.05) is 42.0 Å². The van der Waals surface area contributed by atoms with Gasteiger partial charge in [-0.3, -0.25) is 5.10 Å². The van der Waals surface area contributed by atoms with Crippen molar-refractivity contribution in [3.8, 4) is 11.4 Å². The summed E-state index contributed by atoms with van der Waals surface area (Å²) in [7, 11) is 0. The Labute approximate surface area is 103 Å². The minimum atomic E-state index is 0.658. The number of aromatic nitrogens is 4. The van der Waals surface area contributed by atoms with Gasteiger partial charge in [0.25, 0.3) is 0 Å². The third-order valence-electron chi connectivity index (χ3n) is 2.60. The topological polar surface area (TPSA) is 46.0 Å². The highest BCUT2D eigenvalue weighted by atomic mass is 32.1. The molecule has 2 aromatic heterocycles. The molecule has 17 heavy (non-hydrogen) atoms. The maximum absolute atomic E-state index is 5.10. The molecular weight excluding hydrogens is 232 g/mol. The highest BCUT2D eigenvalue weighted by Crippen LogP contribution is 2.17. The lowest BCUT2D eigenvalue weighted by atomic mass is 10.1. The Hall–Kier alpha value is -2.01. The second-order valence-corrected chi connectivity index (χ2v) is 4.33. The summed E-state index contributed by atoms with van der Waals surface area (Å²) in [5, 5.41) is 11.3. The summed E-state index contributed by atoms with van der Waals surface area (Å²) in [5.74, 6) is 0.770. The highest BCUT2D eigenvalue weighted by molar-refractivity contribution is 7.71. The van der Waals surface area contributed by atoms with Crippen molar-refractivity contribution in [2.45, 2.75) is 6.92 Å². The van der Waals surface area contributed by atoms with E-state index >= 15 is 0 Å². The van der Waals surface area contributed by atoms with Gasteiger partial charge in [0.05, 0.1) is 0 Å². The first kappa shape index (κ1) is 10.2. The zero-order valence-corrected chi connectivity index (χ0v) is 10.0. The predicted molar refractivity (Wildman–Crippen MR) is 68.3 cm³/mol. The van der Waals surface area contributed by atoms with Crippen molar-refractivity contribution < 1.29 is 0 Å². The molecule has 3 aromatic rings. The monoisotopic (exact) mass is 242 g/mol. The van der Waals surface area contributed by atoms with E-state index in [1.807, 2.05) is 30.3 Å². The van der Waals surface area contributed by atoms with Crippen LogP contribution in [0.15, 0.2) is 36.4 Å². The maximum atomic E-state index is 5.10. The van der Waals surface area contributed by atoms with E-state index in [0.29, 0.717) is 4.64 Å². The zero-order chi connectivity index (χ0) is 11.8. The molecule has 0 amide bonds. The molecule has 0 bridgehead atoms. The number of benzene rings is 1. The molecule has 3 rings (SSSR count). The molecule has 0 aliphatic rings. The number of H-pyrrole nitrogens is 1. The average molecular weight is 242 g/mol. The Morgan fingerprint density at radius 2 is 1.82 bits per heavy atom. The number of hydrogen-bond acceptors (Lipinski definition) is 3. The van der Waals surface area contributed by atoms with Gasteiger partial charge in [-0.25, -0.2) is 4.52 Å². The first-order valence-electron chi connectivity index (χ1n) is 5.25. The SMILES string of the molecule is Cc1ccc(-c2nnc3ccc(=S)[nH]n23)cc1. The lowest BCUT2D eigenvalue weighted by Crippen LogP contribution is -1.94. The molecule has 0 saturated carbocycles. The third kappa shape index (κ3) is 1.74. The third-order valence-corrected chi connectivity index (χ3v) is 2.83. The van der Waals surface area contributed by atoms with E-state index in [1.54, 1.807) is 10.6 Å². The van der Waals surface area contributed by atoms with Gasteiger partial charge in [-0.2, -0.15) is 0 Å². The van der Waals surface area contributed by atoms with E-state index in [9.17, 15) is 0 Å². The first-order chi connectivity index (χ1) is 8.24. The standard InChI is InChI=1S/C12H10N4S/c1-8-2-4-9(5-3-8)12-14-13-10-6-7-11(17)15-16(10)12/h2-7H,1H3,(H,15,17). The molecule has 0 spiro atoms. The molecule has 84 valence electrons. The van der Waals surface area contributed by atoms with E-state index in [1.165, 1.54) is 5.56 Å². The zero-order valence-electron chi connectivity index (χ0n) is 9.21. The van der Waals surface area contributed by atoms with Crippen LogP contribution in [0.1, 0.15) is 5.56 Å². The summed E-state index contributed by atoms with van der Waals surface area (Å²) in [6, 6.07) is 11.8. The van der Waals surface area contributed by atoms with Gasteiger partial charge >= 0.3 is 0 Å². The van der Waals surface area contributed by atoms with Crippen LogP contribution < -0.4 is 0 Å². The van der Waals surface area contributed by atoms with Crippen LogP contribution >= 0.6 is 12.2 Å². The molecule has 1 N–H and O–H groups in total. The lowest BCUT2D eigenvalue weighted by Gasteiger charge is -2.00. The molecular formula is C12H10N4S. The lowest BCUT2D eigenvalue weighted by molar-refractivity contribution is 0.925. The summed E-state index contributed by atoms with van der Waals surface area (Å²) < 4.78 is 2.46. The number of fused-ring (bicyclic) bond motifs is 1. The second-order valence-electron chi connectivity index (χ2n) is 3.89. The van der Waals surface area contributed by atoms with E-state index < -0.39 is 0 Å². The smallest absolute Gasteiger partial charge is 0.183 e. The van der Waals surface area contributed by atoms with Crippen molar-refractivity contribution in [2.75, 3.05) is 0 Å². The van der Waals surface area contributed by atoms with Crippen LogP contribution in [0.2, 0.25) is 0 Å². The van der Waals surface area contributed by atoms with Gasteiger partial charge in [0.1, 0.15) is 4.64 Å². The van der Waals surface area contributed by atoms with E-state index in [0.717, 1.165) is 17.0 Å². The second kappa shape index (κ2) is 3.78. The summed E-state index contributed by atoms with van der Waals surface area (Å²) in [6.45, 7) is 2.05. The number of nitrogens with one attached hydrogen (secondary N) is 1. The Bertz CT molecular complexity index is 724. The normalized spacial score (nSPS) is 10.9. The Morgan fingerprint density at radius 3 is 2.59 bits per heavy atom. The van der Waals surface area contributed by atoms with E-state index in [4.69, 9.17) is 12.2 Å². The summed E-state index contributed by atoms with van der Waals surface area (Å²) in [6.07, 6.45) is 0. The van der Waals surface area contributed by atoms with Crippen LogP contribution in [0.25, 0.3) is 17.0 Å². The molecule has 0 fully saturated rings. The molecule has 4 nitrogen and oxygen atoms in total. The van der Waals surface area contributed by atoms with E-state index in [-0.39, 0.29) is 0 Å². The molecule has 0 aliphatic heterocycles. The van der Waals surface area contributed by atoms with Crippen molar-refractivity contribution >= 4 is 17.9 Å². The van der Waals surface area contributed by atoms with Crippen molar-refractivity contribution in [3.63, 3.8) is 0 Å². The summed E-state index contributed by atoms with van der Waals surface area (Å²) in [4.78, 5) is 0. The molecule has 5 heteroatoms. The van der Waals surface area contributed by atoms with Gasteiger partial charge in [0.2, 0.25) is 0 Å². The number of hydrogen-bond donors (Lipinski definition) is 1. The number of nitrogens with zero attached hydrogens (tertiary/aromatic N) is 3. The van der Waals surface area contributed by atoms with Crippen molar-refractivity contribution in [1.29, 1.82) is 0 Å². The molecule has 0 aliphatic carbocycles. The largest absolute Gasteiger partial charge is 0.280 e. The minimum Gasteiger partial charge on any atom is -0.280 e. The van der Waals surface area contributed by atoms with Crippen LogP contribution in [-0.2, 0) is 0 Å². The molecule has 1 aromatic carbocycles. The number of aryl methyl sites for hydroxylation is 1. The van der Waals surface area contributed by atoms with E-state index in [2.05, 4.69) is 22.2 Å². The van der Waals surface area contributed by atoms with Crippen LogP contribution in [0, 0.1) is 11.6 Å². The van der Waals surface area contributed by atoms with Gasteiger partial charge in [0.15, 0.2) is 11.5 Å². The van der Waals surface area contributed by atoms with Gasteiger partial charge in [0, 0.05) is 5.56 Å². The quantitative estimate of drug-likeness (QED) is 0.667. The van der Waals surface area contributed by atoms with Crippen LogP contribution in [0.3, 0.4) is 0 Å². The fourth-order valence-corrected chi connectivity index (χ4v) is 1.86. The van der Waals surface area contributed by atoms with Crippen molar-refractivity contribution in [1.82, 2.24) is 19.8 Å². The number of aromatic amines is 1. The molecule has 0 unspecified atom stereocenters. The molecule has 2 heterocycles. The Balaban J connectivity index is 2.27. The first-order valence-corrected chi connectivity index (χ1v) is 5.66. The molecule has 0 saturated heterocycles. The Kier molecular flexibility index (Phi) is 2.26. The summed E-state index contributed by atoms with van der Waals surface area (Å²) >= 11 is 5.10. The average Bonchev–Trinajstić information content (AvgIpc) is 2.73. The fraction of sp³-hybridized carbons (Fsp3) is 0.0833. The van der Waals surface area contributed by atoms with Gasteiger partial charge in [-0.15, -0.1) is 10.2 Å². The molecule has 0 radical (unpaired) electrons. The minimum absolute atomic E-state index is 0.658.